The van der Waals surface area contributed by atoms with E-state index in [1.165, 1.54) is 6.20 Å². The molecule has 0 radical (unpaired) electrons. The summed E-state index contributed by atoms with van der Waals surface area (Å²) in [5.41, 5.74) is 5.18. The number of hydrogen-bond acceptors (Lipinski definition) is 7. The van der Waals surface area contributed by atoms with Crippen molar-refractivity contribution in [2.45, 2.75) is 32.2 Å². The van der Waals surface area contributed by atoms with E-state index in [0.717, 1.165) is 32.4 Å². The SMILES string of the molecule is CCNCC1CCN(c2nc3c(c(N)c2F)c(=O)c(OC(=O)O)cn3C2CC2)C1. The molecular weight excluding hydrogens is 381 g/mol. The van der Waals surface area contributed by atoms with Crippen LogP contribution in [0.4, 0.5) is 20.7 Å². The molecule has 29 heavy (non-hydrogen) atoms. The standard InChI is InChI=1S/C19H24FN5O4/c1-2-22-7-10-5-6-24(8-10)18-14(20)15(21)13-16(26)12(29-19(27)28)9-25(11-3-4-11)17(13)23-18/h9-11,22H,2-8H2,1H3,(H2,21,23)(H,27,28). The van der Waals surface area contributed by atoms with E-state index in [1.807, 2.05) is 11.8 Å². The van der Waals surface area contributed by atoms with Gasteiger partial charge in [-0.15, -0.1) is 0 Å². The molecule has 2 fully saturated rings. The Hall–Kier alpha value is -2.88. The number of nitrogens with zero attached hydrogens (tertiary/aromatic N) is 3. The lowest BCUT2D eigenvalue weighted by Crippen LogP contribution is -2.28. The maximum Gasteiger partial charge on any atom is 0.511 e. The van der Waals surface area contributed by atoms with Crippen LogP contribution in [-0.2, 0) is 0 Å². The van der Waals surface area contributed by atoms with E-state index in [9.17, 15) is 9.59 Å². The molecule has 10 heteroatoms. The maximum atomic E-state index is 15.1. The molecule has 1 saturated heterocycles. The molecule has 0 spiro atoms. The number of carbonyl (C=O) groups is 1. The van der Waals surface area contributed by atoms with Gasteiger partial charge in [-0.05, 0) is 38.3 Å². The van der Waals surface area contributed by atoms with Gasteiger partial charge >= 0.3 is 6.16 Å². The molecular formula is C19H24FN5O4. The fourth-order valence-electron chi connectivity index (χ4n) is 3.88. The van der Waals surface area contributed by atoms with E-state index in [0.29, 0.717) is 19.0 Å². The lowest BCUT2D eigenvalue weighted by atomic mass is 10.1. The molecule has 3 heterocycles. The van der Waals surface area contributed by atoms with Gasteiger partial charge in [0.1, 0.15) is 5.65 Å². The first-order chi connectivity index (χ1) is 13.9. The van der Waals surface area contributed by atoms with Crippen molar-refractivity contribution in [1.82, 2.24) is 14.9 Å². The minimum atomic E-state index is -1.61. The zero-order valence-corrected chi connectivity index (χ0v) is 16.2. The normalized spacial score (nSPS) is 19.1. The molecule has 0 aromatic carbocycles. The third-order valence-electron chi connectivity index (χ3n) is 5.50. The van der Waals surface area contributed by atoms with Gasteiger partial charge in [0, 0.05) is 19.1 Å². The number of nitrogens with one attached hydrogen (secondary N) is 1. The van der Waals surface area contributed by atoms with Gasteiger partial charge < -0.3 is 30.4 Å². The van der Waals surface area contributed by atoms with Crippen molar-refractivity contribution >= 4 is 28.7 Å². The molecule has 9 nitrogen and oxygen atoms in total. The Morgan fingerprint density at radius 1 is 1.45 bits per heavy atom. The summed E-state index contributed by atoms with van der Waals surface area (Å²) in [4.78, 5) is 30.0. The summed E-state index contributed by atoms with van der Waals surface area (Å²) in [6.07, 6.45) is 2.34. The van der Waals surface area contributed by atoms with Crippen LogP contribution in [0.3, 0.4) is 0 Å². The molecule has 4 N–H and O–H groups in total. The molecule has 1 aliphatic carbocycles. The monoisotopic (exact) mass is 405 g/mol. The number of anilines is 2. The van der Waals surface area contributed by atoms with Crippen LogP contribution in [0.15, 0.2) is 11.0 Å². The van der Waals surface area contributed by atoms with E-state index in [2.05, 4.69) is 15.0 Å². The quantitative estimate of drug-likeness (QED) is 0.623. The molecule has 1 saturated carbocycles. The minimum absolute atomic E-state index is 0.0551. The second kappa shape index (κ2) is 7.51. The van der Waals surface area contributed by atoms with Gasteiger partial charge in [0.15, 0.2) is 17.4 Å². The van der Waals surface area contributed by atoms with Crippen molar-refractivity contribution in [2.75, 3.05) is 36.8 Å². The largest absolute Gasteiger partial charge is 0.511 e. The minimum Gasteiger partial charge on any atom is -0.449 e. The molecule has 156 valence electrons. The van der Waals surface area contributed by atoms with Crippen LogP contribution in [0.2, 0.25) is 0 Å². The highest BCUT2D eigenvalue weighted by molar-refractivity contribution is 5.91. The van der Waals surface area contributed by atoms with Crippen molar-refractivity contribution in [3.63, 3.8) is 0 Å². The predicted molar refractivity (Wildman–Crippen MR) is 106 cm³/mol. The van der Waals surface area contributed by atoms with E-state index in [1.54, 1.807) is 4.57 Å². The maximum absolute atomic E-state index is 15.1. The second-order valence-corrected chi connectivity index (χ2v) is 7.60. The van der Waals surface area contributed by atoms with Crippen LogP contribution in [-0.4, -0.2) is 47.0 Å². The van der Waals surface area contributed by atoms with Gasteiger partial charge in [0.25, 0.3) is 0 Å². The predicted octanol–water partition coefficient (Wildman–Crippen LogP) is 1.95. The summed E-state index contributed by atoms with van der Waals surface area (Å²) < 4.78 is 21.4. The van der Waals surface area contributed by atoms with Gasteiger partial charge in [-0.25, -0.2) is 14.2 Å². The van der Waals surface area contributed by atoms with Gasteiger partial charge in [-0.1, -0.05) is 6.92 Å². The summed E-state index contributed by atoms with van der Waals surface area (Å²) in [7, 11) is 0. The number of rotatable bonds is 6. The van der Waals surface area contributed by atoms with Crippen molar-refractivity contribution in [3.8, 4) is 5.75 Å². The molecule has 0 amide bonds. The van der Waals surface area contributed by atoms with Crippen molar-refractivity contribution in [3.05, 3.63) is 22.2 Å². The molecule has 1 atom stereocenters. The van der Waals surface area contributed by atoms with Crippen LogP contribution in [0.5, 0.6) is 5.75 Å². The highest BCUT2D eigenvalue weighted by Gasteiger charge is 2.32. The Kier molecular flexibility index (Phi) is 5.03. The van der Waals surface area contributed by atoms with Crippen molar-refractivity contribution in [1.29, 1.82) is 0 Å². The molecule has 1 aliphatic heterocycles. The average Bonchev–Trinajstić information content (AvgIpc) is 3.42. The Balaban J connectivity index is 1.81. The first-order valence-corrected chi connectivity index (χ1v) is 9.81. The van der Waals surface area contributed by atoms with Crippen molar-refractivity contribution in [2.24, 2.45) is 5.92 Å². The first-order valence-electron chi connectivity index (χ1n) is 9.81. The number of nitrogen functional groups attached to an aromatic ring is 1. The van der Waals surface area contributed by atoms with Crippen molar-refractivity contribution < 1.29 is 19.0 Å². The zero-order chi connectivity index (χ0) is 20.7. The number of carboxylic acid groups (broad SMARTS) is 1. The molecule has 2 aliphatic rings. The van der Waals surface area contributed by atoms with Gasteiger partial charge in [0.05, 0.1) is 17.3 Å². The lowest BCUT2D eigenvalue weighted by molar-refractivity contribution is 0.143. The Morgan fingerprint density at radius 2 is 2.21 bits per heavy atom. The first kappa shape index (κ1) is 19.4. The van der Waals surface area contributed by atoms with Crippen LogP contribution in [0.25, 0.3) is 11.0 Å². The van der Waals surface area contributed by atoms with E-state index in [4.69, 9.17) is 10.8 Å². The summed E-state index contributed by atoms with van der Waals surface area (Å²) in [6.45, 7) is 5.06. The summed E-state index contributed by atoms with van der Waals surface area (Å²) in [6, 6.07) is 0.0551. The van der Waals surface area contributed by atoms with Gasteiger partial charge in [-0.2, -0.15) is 0 Å². The number of pyridine rings is 2. The molecule has 4 rings (SSSR count). The highest BCUT2D eigenvalue weighted by Crippen LogP contribution is 2.39. The van der Waals surface area contributed by atoms with Crippen LogP contribution >= 0.6 is 0 Å². The van der Waals surface area contributed by atoms with Crippen LogP contribution < -0.4 is 26.1 Å². The van der Waals surface area contributed by atoms with E-state index in [-0.39, 0.29) is 28.6 Å². The fourth-order valence-corrected chi connectivity index (χ4v) is 3.88. The van der Waals surface area contributed by atoms with E-state index >= 15 is 4.39 Å². The van der Waals surface area contributed by atoms with E-state index < -0.39 is 23.2 Å². The molecule has 2 aromatic rings. The summed E-state index contributed by atoms with van der Waals surface area (Å²) in [5.74, 6) is -0.641. The number of fused-ring (bicyclic) bond motifs is 1. The lowest BCUT2D eigenvalue weighted by Gasteiger charge is -2.21. The number of aromatic nitrogens is 2. The average molecular weight is 405 g/mol. The zero-order valence-electron chi connectivity index (χ0n) is 16.2. The van der Waals surface area contributed by atoms with Crippen LogP contribution in [0.1, 0.15) is 32.2 Å². The van der Waals surface area contributed by atoms with Gasteiger partial charge in [-0.3, -0.25) is 4.79 Å². The third-order valence-corrected chi connectivity index (χ3v) is 5.50. The third kappa shape index (κ3) is 3.59. The Morgan fingerprint density at radius 3 is 2.86 bits per heavy atom. The summed E-state index contributed by atoms with van der Waals surface area (Å²) in [5, 5.41) is 12.1. The summed E-state index contributed by atoms with van der Waals surface area (Å²) >= 11 is 0. The van der Waals surface area contributed by atoms with Gasteiger partial charge in [0.2, 0.25) is 5.43 Å². The number of ether oxygens (including phenoxy) is 1. The molecule has 2 aromatic heterocycles. The fraction of sp³-hybridized carbons (Fsp3) is 0.526. The Bertz CT molecular complexity index is 1020. The second-order valence-electron chi connectivity index (χ2n) is 7.60. The molecule has 1 unspecified atom stereocenters. The highest BCUT2D eigenvalue weighted by atomic mass is 19.1. The Labute approximate surface area is 166 Å². The number of halogens is 1. The van der Waals surface area contributed by atoms with Crippen LogP contribution in [0, 0.1) is 11.7 Å². The number of hydrogen-bond donors (Lipinski definition) is 3. The smallest absolute Gasteiger partial charge is 0.449 e. The molecule has 0 bridgehead atoms. The number of nitrogens with two attached hydrogens (primary N) is 1. The topological polar surface area (TPSA) is 123 Å².